The summed E-state index contributed by atoms with van der Waals surface area (Å²) < 4.78 is 5.33. The molecule has 24 heavy (non-hydrogen) atoms. The molecule has 0 bridgehead atoms. The first-order chi connectivity index (χ1) is 11.1. The number of aromatic nitrogens is 1. The van der Waals surface area contributed by atoms with Crippen molar-refractivity contribution >= 4 is 29.9 Å². The first-order valence-corrected chi connectivity index (χ1v) is 8.71. The number of halogens is 1. The van der Waals surface area contributed by atoms with E-state index in [1.165, 1.54) is 25.9 Å². The van der Waals surface area contributed by atoms with Gasteiger partial charge < -0.3 is 20.1 Å². The largest absolute Gasteiger partial charge is 0.359 e. The molecule has 138 valence electrons. The van der Waals surface area contributed by atoms with Gasteiger partial charge in [-0.15, -0.1) is 24.0 Å². The van der Waals surface area contributed by atoms with Gasteiger partial charge in [0.2, 0.25) is 0 Å². The molecule has 1 aliphatic rings. The molecule has 7 heteroatoms. The number of guanidine groups is 1. The molecule has 0 spiro atoms. The van der Waals surface area contributed by atoms with Crippen molar-refractivity contribution in [2.45, 2.75) is 46.1 Å². The Bertz CT molecular complexity index is 495. The second-order valence-electron chi connectivity index (χ2n) is 6.75. The molecule has 2 rings (SSSR count). The minimum atomic E-state index is 0. The summed E-state index contributed by atoms with van der Waals surface area (Å²) in [5, 5.41) is 10.7. The molecule has 1 aliphatic heterocycles. The maximum atomic E-state index is 5.33. The summed E-state index contributed by atoms with van der Waals surface area (Å²) in [5.74, 6) is 2.91. The van der Waals surface area contributed by atoms with Crippen molar-refractivity contribution in [2.24, 2.45) is 10.9 Å². The van der Waals surface area contributed by atoms with Crippen LogP contribution in [0.3, 0.4) is 0 Å². The van der Waals surface area contributed by atoms with E-state index in [2.05, 4.69) is 46.5 Å². The molecule has 1 aromatic rings. The molecule has 0 atom stereocenters. The SMILES string of the molecule is CN=C(NCCN1CCC(C)CC1)NCc1cc(C(C)C)no1.I. The molecular weight excluding hydrogens is 417 g/mol. The minimum absolute atomic E-state index is 0. The second-order valence-corrected chi connectivity index (χ2v) is 6.75. The number of aliphatic imine (C=N–C) groups is 1. The van der Waals surface area contributed by atoms with Crippen molar-refractivity contribution in [3.05, 3.63) is 17.5 Å². The molecule has 0 unspecified atom stereocenters. The summed E-state index contributed by atoms with van der Waals surface area (Å²) in [5.41, 5.74) is 0.990. The van der Waals surface area contributed by atoms with Crippen LogP contribution in [0.1, 0.15) is 51.0 Å². The Morgan fingerprint density at radius 3 is 2.67 bits per heavy atom. The first kappa shape index (κ1) is 21.2. The zero-order chi connectivity index (χ0) is 16.7. The fraction of sp³-hybridized carbons (Fsp3) is 0.765. The summed E-state index contributed by atoms with van der Waals surface area (Å²) in [4.78, 5) is 6.77. The smallest absolute Gasteiger partial charge is 0.191 e. The van der Waals surface area contributed by atoms with Crippen molar-refractivity contribution in [1.82, 2.24) is 20.7 Å². The Labute approximate surface area is 162 Å². The molecule has 2 heterocycles. The quantitative estimate of drug-likeness (QED) is 0.397. The van der Waals surface area contributed by atoms with Crippen LogP contribution in [0.4, 0.5) is 0 Å². The van der Waals surface area contributed by atoms with Gasteiger partial charge in [0.05, 0.1) is 12.2 Å². The lowest BCUT2D eigenvalue weighted by Crippen LogP contribution is -2.43. The first-order valence-electron chi connectivity index (χ1n) is 8.71. The Morgan fingerprint density at radius 2 is 2.08 bits per heavy atom. The van der Waals surface area contributed by atoms with Gasteiger partial charge >= 0.3 is 0 Å². The summed E-state index contributed by atoms with van der Waals surface area (Å²) in [6.07, 6.45) is 2.63. The standard InChI is InChI=1S/C17H31N5O.HI/c1-13(2)16-11-15(23-21-16)12-20-17(18-4)19-7-10-22-8-5-14(3)6-9-22;/h11,13-14H,5-10,12H2,1-4H3,(H2,18,19,20);1H. The van der Waals surface area contributed by atoms with E-state index in [1.54, 1.807) is 7.05 Å². The Hall–Kier alpha value is -0.830. The number of likely N-dealkylation sites (tertiary alicyclic amines) is 1. The van der Waals surface area contributed by atoms with E-state index in [-0.39, 0.29) is 24.0 Å². The minimum Gasteiger partial charge on any atom is -0.359 e. The van der Waals surface area contributed by atoms with Crippen molar-refractivity contribution in [2.75, 3.05) is 33.2 Å². The number of nitrogens with one attached hydrogen (secondary N) is 2. The van der Waals surface area contributed by atoms with Gasteiger partial charge in [0.1, 0.15) is 0 Å². The van der Waals surface area contributed by atoms with E-state index in [0.717, 1.165) is 36.4 Å². The number of hydrogen-bond donors (Lipinski definition) is 2. The maximum absolute atomic E-state index is 5.33. The zero-order valence-electron chi connectivity index (χ0n) is 15.3. The van der Waals surface area contributed by atoms with E-state index >= 15 is 0 Å². The maximum Gasteiger partial charge on any atom is 0.191 e. The van der Waals surface area contributed by atoms with Gasteiger partial charge in [-0.3, -0.25) is 4.99 Å². The van der Waals surface area contributed by atoms with E-state index in [9.17, 15) is 0 Å². The van der Waals surface area contributed by atoms with Crippen LogP contribution in [0.5, 0.6) is 0 Å². The van der Waals surface area contributed by atoms with Gasteiger partial charge in [0.25, 0.3) is 0 Å². The predicted molar refractivity (Wildman–Crippen MR) is 109 cm³/mol. The van der Waals surface area contributed by atoms with E-state index < -0.39 is 0 Å². The van der Waals surface area contributed by atoms with Crippen molar-refractivity contribution in [1.29, 1.82) is 0 Å². The van der Waals surface area contributed by atoms with Crippen LogP contribution in [-0.2, 0) is 6.54 Å². The fourth-order valence-corrected chi connectivity index (χ4v) is 2.69. The molecule has 0 saturated carbocycles. The van der Waals surface area contributed by atoms with Crippen LogP contribution >= 0.6 is 24.0 Å². The summed E-state index contributed by atoms with van der Waals surface area (Å²) in [6.45, 7) is 11.6. The molecule has 6 nitrogen and oxygen atoms in total. The van der Waals surface area contributed by atoms with Crippen LogP contribution < -0.4 is 10.6 Å². The van der Waals surface area contributed by atoms with Gasteiger partial charge in [-0.05, 0) is 37.8 Å². The molecule has 0 aliphatic carbocycles. The lowest BCUT2D eigenvalue weighted by atomic mass is 9.99. The number of nitrogens with zero attached hydrogens (tertiary/aromatic N) is 3. The molecule has 0 amide bonds. The molecule has 0 aromatic carbocycles. The van der Waals surface area contributed by atoms with Crippen molar-refractivity contribution in [3.8, 4) is 0 Å². The molecule has 2 N–H and O–H groups in total. The average Bonchev–Trinajstić information content (AvgIpc) is 3.01. The van der Waals surface area contributed by atoms with Crippen LogP contribution in [-0.4, -0.2) is 49.2 Å². The third-order valence-electron chi connectivity index (χ3n) is 4.42. The highest BCUT2D eigenvalue weighted by Crippen LogP contribution is 2.15. The van der Waals surface area contributed by atoms with Crippen molar-refractivity contribution < 1.29 is 4.52 Å². The zero-order valence-corrected chi connectivity index (χ0v) is 17.7. The predicted octanol–water partition coefficient (Wildman–Crippen LogP) is 2.81. The molecular formula is C17H32IN5O. The fourth-order valence-electron chi connectivity index (χ4n) is 2.69. The molecule has 1 aromatic heterocycles. The van der Waals surface area contributed by atoms with Gasteiger partial charge in [-0.25, -0.2) is 0 Å². The third-order valence-corrected chi connectivity index (χ3v) is 4.42. The van der Waals surface area contributed by atoms with E-state index in [4.69, 9.17) is 4.52 Å². The molecule has 1 saturated heterocycles. The highest BCUT2D eigenvalue weighted by atomic mass is 127. The summed E-state index contributed by atoms with van der Waals surface area (Å²) in [6, 6.07) is 2.00. The monoisotopic (exact) mass is 449 g/mol. The normalized spacial score (nSPS) is 17.0. The topological polar surface area (TPSA) is 65.7 Å². The Balaban J connectivity index is 0.00000288. The summed E-state index contributed by atoms with van der Waals surface area (Å²) in [7, 11) is 1.79. The van der Waals surface area contributed by atoms with E-state index in [1.807, 2.05) is 6.07 Å². The van der Waals surface area contributed by atoms with Gasteiger partial charge in [0, 0.05) is 26.2 Å². The third kappa shape index (κ3) is 6.96. The van der Waals surface area contributed by atoms with Crippen molar-refractivity contribution in [3.63, 3.8) is 0 Å². The molecule has 1 fully saturated rings. The molecule has 0 radical (unpaired) electrons. The summed E-state index contributed by atoms with van der Waals surface area (Å²) >= 11 is 0. The number of piperidine rings is 1. The number of rotatable bonds is 6. The van der Waals surface area contributed by atoms with Gasteiger partial charge in [-0.2, -0.15) is 0 Å². The van der Waals surface area contributed by atoms with Crippen LogP contribution in [0.15, 0.2) is 15.6 Å². The Kier molecular flexibility index (Phi) is 9.65. The van der Waals surface area contributed by atoms with Crippen LogP contribution in [0, 0.1) is 5.92 Å². The van der Waals surface area contributed by atoms with Gasteiger partial charge in [0.15, 0.2) is 11.7 Å². The highest BCUT2D eigenvalue weighted by molar-refractivity contribution is 14.0. The number of hydrogen-bond acceptors (Lipinski definition) is 4. The van der Waals surface area contributed by atoms with Crippen LogP contribution in [0.2, 0.25) is 0 Å². The lowest BCUT2D eigenvalue weighted by Gasteiger charge is -2.30. The van der Waals surface area contributed by atoms with Gasteiger partial charge in [-0.1, -0.05) is 25.9 Å². The lowest BCUT2D eigenvalue weighted by molar-refractivity contribution is 0.195. The Morgan fingerprint density at radius 1 is 1.38 bits per heavy atom. The average molecular weight is 449 g/mol. The highest BCUT2D eigenvalue weighted by Gasteiger charge is 2.15. The van der Waals surface area contributed by atoms with Crippen LogP contribution in [0.25, 0.3) is 0 Å². The van der Waals surface area contributed by atoms with E-state index in [0.29, 0.717) is 12.5 Å². The second kappa shape index (κ2) is 10.9.